The van der Waals surface area contributed by atoms with Crippen LogP contribution < -0.4 is 0 Å². The Hall–Kier alpha value is 0.734. The summed E-state index contributed by atoms with van der Waals surface area (Å²) in [5.74, 6) is 0. The average Bonchev–Trinajstić information content (AvgIpc) is 1.68. The van der Waals surface area contributed by atoms with Crippen molar-refractivity contribution < 1.29 is 35.3 Å². The van der Waals surface area contributed by atoms with Crippen LogP contribution in [0.25, 0.3) is 0 Å². The van der Waals surface area contributed by atoms with Gasteiger partial charge in [0.1, 0.15) is 13.2 Å². The molecule has 0 atom stereocenters. The Bertz CT molecular complexity index is 70.2. The van der Waals surface area contributed by atoms with Crippen molar-refractivity contribution in [2.75, 3.05) is 13.2 Å². The van der Waals surface area contributed by atoms with Gasteiger partial charge in [0.2, 0.25) is 0 Å². The molecule has 0 radical (unpaired) electrons. The molecule has 0 amide bonds. The Kier molecular flexibility index (Phi) is 12.0. The van der Waals surface area contributed by atoms with E-state index in [-0.39, 0.29) is 21.7 Å². The molecule has 52 valence electrons. The molecular weight excluding hydrogens is 175 g/mol. The largest absolute Gasteiger partial charge is 0.697 e. The zero-order chi connectivity index (χ0) is 6.41. The molecule has 0 aromatic heterocycles. The standard InChI is InChI=1S/C4H10O3P.Ti/c1-3-6-8(5)7-4-2;/h3-4H2,1-2H3;/q+1;. The van der Waals surface area contributed by atoms with Crippen LogP contribution in [0.3, 0.4) is 0 Å². The van der Waals surface area contributed by atoms with Crippen molar-refractivity contribution in [2.24, 2.45) is 0 Å². The maximum absolute atomic E-state index is 10.3. The first kappa shape index (κ1) is 12.4. The second kappa shape index (κ2) is 8.73. The Morgan fingerprint density at radius 1 is 1.22 bits per heavy atom. The molecule has 0 fully saturated rings. The summed E-state index contributed by atoms with van der Waals surface area (Å²) < 4.78 is 19.5. The Labute approximate surface area is 70.9 Å². The average molecular weight is 185 g/mol. The Balaban J connectivity index is 0. The summed E-state index contributed by atoms with van der Waals surface area (Å²) in [4.78, 5) is 0. The minimum Gasteiger partial charge on any atom is -0.119 e. The van der Waals surface area contributed by atoms with Crippen LogP contribution in [0.5, 0.6) is 0 Å². The van der Waals surface area contributed by atoms with E-state index in [1.54, 1.807) is 13.8 Å². The van der Waals surface area contributed by atoms with Crippen molar-refractivity contribution in [2.45, 2.75) is 13.8 Å². The molecule has 0 aliphatic carbocycles. The zero-order valence-corrected chi connectivity index (χ0v) is 8.04. The number of rotatable bonds is 4. The summed E-state index contributed by atoms with van der Waals surface area (Å²) in [6, 6.07) is 0. The van der Waals surface area contributed by atoms with E-state index in [0.29, 0.717) is 13.2 Å². The molecule has 0 rings (SSSR count). The van der Waals surface area contributed by atoms with E-state index in [1.165, 1.54) is 0 Å². The third-order valence-electron chi connectivity index (χ3n) is 0.469. The molecule has 0 aliphatic rings. The van der Waals surface area contributed by atoms with Gasteiger partial charge in [-0.25, -0.2) is 0 Å². The van der Waals surface area contributed by atoms with Gasteiger partial charge in [-0.15, -0.1) is 9.05 Å². The second-order valence-corrected chi connectivity index (χ2v) is 2.02. The first-order valence-electron chi connectivity index (χ1n) is 2.54. The van der Waals surface area contributed by atoms with Crippen LogP contribution in [0.4, 0.5) is 0 Å². The van der Waals surface area contributed by atoms with Gasteiger partial charge in [-0.2, -0.15) is 0 Å². The predicted molar refractivity (Wildman–Crippen MR) is 30.9 cm³/mol. The van der Waals surface area contributed by atoms with Gasteiger partial charge in [-0.3, -0.25) is 0 Å². The summed E-state index contributed by atoms with van der Waals surface area (Å²) in [6.07, 6.45) is 0. The first-order valence-corrected chi connectivity index (χ1v) is 3.63. The molecule has 0 aromatic rings. The van der Waals surface area contributed by atoms with E-state index in [0.717, 1.165) is 0 Å². The maximum atomic E-state index is 10.3. The van der Waals surface area contributed by atoms with Crippen LogP contribution in [0, 0.1) is 0 Å². The van der Waals surface area contributed by atoms with Crippen LogP contribution in [0.15, 0.2) is 0 Å². The van der Waals surface area contributed by atoms with E-state index in [4.69, 9.17) is 0 Å². The fraction of sp³-hybridized carbons (Fsp3) is 1.00. The summed E-state index contributed by atoms with van der Waals surface area (Å²) in [5.41, 5.74) is 0. The minimum absolute atomic E-state index is 0. The first-order chi connectivity index (χ1) is 3.81. The van der Waals surface area contributed by atoms with Crippen LogP contribution in [-0.2, 0) is 35.3 Å². The molecule has 5 heteroatoms. The maximum Gasteiger partial charge on any atom is 0.697 e. The number of hydrogen-bond donors (Lipinski definition) is 0. The summed E-state index contributed by atoms with van der Waals surface area (Å²) >= 11 is 0. The molecule has 0 aliphatic heterocycles. The van der Waals surface area contributed by atoms with Gasteiger partial charge >= 0.3 is 8.25 Å². The third-order valence-corrected chi connectivity index (χ3v) is 1.41. The third kappa shape index (κ3) is 8.73. The van der Waals surface area contributed by atoms with E-state index in [2.05, 4.69) is 9.05 Å². The molecule has 0 unspecified atom stereocenters. The molecule has 0 heterocycles. The van der Waals surface area contributed by atoms with Gasteiger partial charge in [-0.05, 0) is 13.8 Å². The monoisotopic (exact) mass is 185 g/mol. The Morgan fingerprint density at radius 2 is 1.56 bits per heavy atom. The molecule has 0 bridgehead atoms. The molecular formula is C4H10O3PTi+. The van der Waals surface area contributed by atoms with Crippen molar-refractivity contribution >= 4 is 8.25 Å². The van der Waals surface area contributed by atoms with Crippen molar-refractivity contribution in [3.05, 3.63) is 0 Å². The van der Waals surface area contributed by atoms with E-state index >= 15 is 0 Å². The number of hydrogen-bond acceptors (Lipinski definition) is 3. The predicted octanol–water partition coefficient (Wildman–Crippen LogP) is 1.71. The van der Waals surface area contributed by atoms with E-state index in [9.17, 15) is 4.57 Å². The molecule has 0 saturated carbocycles. The van der Waals surface area contributed by atoms with Gasteiger partial charge in [0.25, 0.3) is 0 Å². The second-order valence-electron chi connectivity index (χ2n) is 1.06. The van der Waals surface area contributed by atoms with Crippen molar-refractivity contribution in [3.8, 4) is 0 Å². The van der Waals surface area contributed by atoms with Crippen LogP contribution in [0.2, 0.25) is 0 Å². The molecule has 0 spiro atoms. The van der Waals surface area contributed by atoms with Crippen LogP contribution >= 0.6 is 8.25 Å². The van der Waals surface area contributed by atoms with Gasteiger partial charge in [0.05, 0.1) is 0 Å². The summed E-state index contributed by atoms with van der Waals surface area (Å²) in [7, 11) is -1.83. The summed E-state index contributed by atoms with van der Waals surface area (Å²) in [5, 5.41) is 0. The quantitative estimate of drug-likeness (QED) is 0.494. The van der Waals surface area contributed by atoms with Gasteiger partial charge in [0.15, 0.2) is 0 Å². The van der Waals surface area contributed by atoms with Crippen LogP contribution in [0.1, 0.15) is 13.8 Å². The smallest absolute Gasteiger partial charge is 0.119 e. The van der Waals surface area contributed by atoms with E-state index < -0.39 is 8.25 Å². The molecule has 9 heavy (non-hydrogen) atoms. The molecule has 0 N–H and O–H groups in total. The van der Waals surface area contributed by atoms with Crippen molar-refractivity contribution in [1.29, 1.82) is 0 Å². The van der Waals surface area contributed by atoms with Crippen molar-refractivity contribution in [3.63, 3.8) is 0 Å². The van der Waals surface area contributed by atoms with Crippen LogP contribution in [-0.4, -0.2) is 13.2 Å². The topological polar surface area (TPSA) is 35.5 Å². The Morgan fingerprint density at radius 3 is 1.78 bits per heavy atom. The SMILES string of the molecule is CCO[P+](=O)OCC.[Ti]. The normalized spacial score (nSPS) is 8.22. The zero-order valence-electron chi connectivity index (χ0n) is 5.59. The summed E-state index contributed by atoms with van der Waals surface area (Å²) in [6.45, 7) is 4.42. The van der Waals surface area contributed by atoms with Gasteiger partial charge < -0.3 is 0 Å². The fourth-order valence-electron chi connectivity index (χ4n) is 0.248. The van der Waals surface area contributed by atoms with Crippen molar-refractivity contribution in [1.82, 2.24) is 0 Å². The molecule has 0 saturated heterocycles. The fourth-order valence-corrected chi connectivity index (χ4v) is 0.744. The van der Waals surface area contributed by atoms with Gasteiger partial charge in [0, 0.05) is 26.3 Å². The van der Waals surface area contributed by atoms with Gasteiger partial charge in [-0.1, -0.05) is 0 Å². The van der Waals surface area contributed by atoms with E-state index in [1.807, 2.05) is 0 Å². The molecule has 0 aromatic carbocycles. The minimum atomic E-state index is -1.83. The molecule has 3 nitrogen and oxygen atoms in total.